The summed E-state index contributed by atoms with van der Waals surface area (Å²) in [6.45, 7) is 0. The van der Waals surface area contributed by atoms with Crippen molar-refractivity contribution in [1.82, 2.24) is 9.55 Å². The van der Waals surface area contributed by atoms with Gasteiger partial charge in [0.25, 0.3) is 5.56 Å². The molecule has 128 valence electrons. The maximum Gasteiger partial charge on any atom is 0.276 e. The molecule has 25 heavy (non-hydrogen) atoms. The minimum Gasteiger partial charge on any atom is -0.385 e. The average molecular weight is 357 g/mol. The number of hydrogen-bond acceptors (Lipinski definition) is 6. The molecule has 0 saturated heterocycles. The van der Waals surface area contributed by atoms with Crippen molar-refractivity contribution in [2.75, 3.05) is 11.1 Å². The van der Waals surface area contributed by atoms with Crippen LogP contribution in [-0.4, -0.2) is 18.0 Å². The SMILES string of the molecule is Nc1cc(=O)nc(Nc2ccc(S(N)(=O)=O)cc2)n1-c1ccccc1. The summed E-state index contributed by atoms with van der Waals surface area (Å²) in [7, 11) is -3.78. The fourth-order valence-corrected chi connectivity index (χ4v) is 2.80. The Kier molecular flexibility index (Phi) is 4.26. The fraction of sp³-hybridized carbons (Fsp3) is 0. The van der Waals surface area contributed by atoms with E-state index in [4.69, 9.17) is 10.9 Å². The summed E-state index contributed by atoms with van der Waals surface area (Å²) in [4.78, 5) is 15.7. The standard InChI is InChI=1S/C16H15N5O3S/c17-14-10-15(22)20-16(21(14)12-4-2-1-3-5-12)19-11-6-8-13(9-7-11)25(18,23)24/h1-10H,17H2,(H2,18,23,24)(H,19,20,22). The lowest BCUT2D eigenvalue weighted by molar-refractivity contribution is 0.598. The number of benzene rings is 2. The molecule has 8 nitrogen and oxygen atoms in total. The maximum absolute atomic E-state index is 11.7. The molecular formula is C16H15N5O3S. The van der Waals surface area contributed by atoms with Crippen LogP contribution >= 0.6 is 0 Å². The van der Waals surface area contributed by atoms with Gasteiger partial charge in [-0.3, -0.25) is 9.36 Å². The van der Waals surface area contributed by atoms with Gasteiger partial charge < -0.3 is 11.1 Å². The topological polar surface area (TPSA) is 133 Å². The normalized spacial score (nSPS) is 11.2. The molecule has 5 N–H and O–H groups in total. The zero-order valence-corrected chi connectivity index (χ0v) is 13.8. The maximum atomic E-state index is 11.7. The number of sulfonamides is 1. The summed E-state index contributed by atoms with van der Waals surface area (Å²) < 4.78 is 24.2. The molecular weight excluding hydrogens is 342 g/mol. The lowest BCUT2D eigenvalue weighted by atomic mass is 10.3. The zero-order chi connectivity index (χ0) is 18.0. The second-order valence-corrected chi connectivity index (χ2v) is 6.77. The summed E-state index contributed by atoms with van der Waals surface area (Å²) in [5, 5.41) is 8.04. The lowest BCUT2D eigenvalue weighted by Crippen LogP contribution is -2.18. The van der Waals surface area contributed by atoms with E-state index in [9.17, 15) is 13.2 Å². The number of nitrogen functional groups attached to an aromatic ring is 1. The first-order valence-corrected chi connectivity index (χ1v) is 8.74. The smallest absolute Gasteiger partial charge is 0.276 e. The Bertz CT molecular complexity index is 1060. The number of para-hydroxylation sites is 1. The van der Waals surface area contributed by atoms with Gasteiger partial charge in [-0.1, -0.05) is 18.2 Å². The molecule has 0 radical (unpaired) electrons. The summed E-state index contributed by atoms with van der Waals surface area (Å²) in [5.74, 6) is 0.425. The number of rotatable bonds is 4. The first kappa shape index (κ1) is 16.7. The third-order valence-electron chi connectivity index (χ3n) is 3.41. The Morgan fingerprint density at radius 3 is 2.24 bits per heavy atom. The first-order chi connectivity index (χ1) is 11.8. The van der Waals surface area contributed by atoms with Crippen LogP contribution in [0.2, 0.25) is 0 Å². The summed E-state index contributed by atoms with van der Waals surface area (Å²) >= 11 is 0. The molecule has 0 atom stereocenters. The van der Waals surface area contributed by atoms with Gasteiger partial charge in [-0.05, 0) is 36.4 Å². The minimum absolute atomic E-state index is 0.0148. The van der Waals surface area contributed by atoms with E-state index >= 15 is 0 Å². The number of nitrogens with one attached hydrogen (secondary N) is 1. The number of hydrogen-bond donors (Lipinski definition) is 3. The molecule has 0 saturated carbocycles. The molecule has 0 amide bonds. The van der Waals surface area contributed by atoms with E-state index in [1.807, 2.05) is 30.3 Å². The van der Waals surface area contributed by atoms with Crippen molar-refractivity contribution in [2.24, 2.45) is 5.14 Å². The predicted octanol–water partition coefficient (Wildman–Crippen LogP) is 1.21. The summed E-state index contributed by atoms with van der Waals surface area (Å²) in [6.07, 6.45) is 0. The third-order valence-corrected chi connectivity index (χ3v) is 4.34. The van der Waals surface area contributed by atoms with Crippen LogP contribution in [-0.2, 0) is 10.0 Å². The largest absolute Gasteiger partial charge is 0.385 e. The van der Waals surface area contributed by atoms with Crippen LogP contribution in [0.15, 0.2) is 70.4 Å². The zero-order valence-electron chi connectivity index (χ0n) is 13.0. The molecule has 1 heterocycles. The number of nitrogens with two attached hydrogens (primary N) is 2. The molecule has 0 aliphatic rings. The summed E-state index contributed by atoms with van der Waals surface area (Å²) in [6, 6.07) is 16.1. The molecule has 0 fully saturated rings. The molecule has 0 spiro atoms. The highest BCUT2D eigenvalue weighted by molar-refractivity contribution is 7.89. The van der Waals surface area contributed by atoms with E-state index in [0.29, 0.717) is 5.69 Å². The Labute approximate surface area is 143 Å². The number of anilines is 3. The van der Waals surface area contributed by atoms with E-state index < -0.39 is 15.6 Å². The number of nitrogens with zero attached hydrogens (tertiary/aromatic N) is 2. The van der Waals surface area contributed by atoms with E-state index in [1.165, 1.54) is 30.3 Å². The quantitative estimate of drug-likeness (QED) is 0.642. The number of aromatic nitrogens is 2. The van der Waals surface area contributed by atoms with Crippen LogP contribution in [0.5, 0.6) is 0 Å². The Hall–Kier alpha value is -3.17. The van der Waals surface area contributed by atoms with Crippen LogP contribution in [0.25, 0.3) is 5.69 Å². The molecule has 9 heteroatoms. The molecule has 2 aromatic carbocycles. The van der Waals surface area contributed by atoms with E-state index in [2.05, 4.69) is 10.3 Å². The van der Waals surface area contributed by atoms with Gasteiger partial charge in [0, 0.05) is 11.8 Å². The van der Waals surface area contributed by atoms with Crippen molar-refractivity contribution in [3.8, 4) is 5.69 Å². The highest BCUT2D eigenvalue weighted by Gasteiger charge is 2.11. The van der Waals surface area contributed by atoms with E-state index in [-0.39, 0.29) is 16.7 Å². The van der Waals surface area contributed by atoms with Crippen molar-refractivity contribution in [1.29, 1.82) is 0 Å². The van der Waals surface area contributed by atoms with E-state index in [0.717, 1.165) is 5.69 Å². The molecule has 0 aliphatic carbocycles. The highest BCUT2D eigenvalue weighted by atomic mass is 32.2. The Morgan fingerprint density at radius 1 is 1.00 bits per heavy atom. The number of primary sulfonamides is 1. The van der Waals surface area contributed by atoms with Crippen molar-refractivity contribution in [3.05, 3.63) is 71.0 Å². The molecule has 3 aromatic rings. The van der Waals surface area contributed by atoms with E-state index in [1.54, 1.807) is 4.57 Å². The van der Waals surface area contributed by atoms with Crippen LogP contribution in [0, 0.1) is 0 Å². The van der Waals surface area contributed by atoms with Gasteiger partial charge in [-0.2, -0.15) is 4.98 Å². The van der Waals surface area contributed by atoms with Crippen LogP contribution in [0.4, 0.5) is 17.5 Å². The van der Waals surface area contributed by atoms with Gasteiger partial charge in [0.2, 0.25) is 16.0 Å². The van der Waals surface area contributed by atoms with Crippen LogP contribution in [0.3, 0.4) is 0 Å². The monoisotopic (exact) mass is 357 g/mol. The fourth-order valence-electron chi connectivity index (χ4n) is 2.29. The molecule has 0 bridgehead atoms. The van der Waals surface area contributed by atoms with Crippen LogP contribution in [0.1, 0.15) is 0 Å². The predicted molar refractivity (Wildman–Crippen MR) is 95.3 cm³/mol. The van der Waals surface area contributed by atoms with Crippen LogP contribution < -0.4 is 21.7 Å². The van der Waals surface area contributed by atoms with Crippen molar-refractivity contribution < 1.29 is 8.42 Å². The van der Waals surface area contributed by atoms with Gasteiger partial charge in [0.05, 0.1) is 10.6 Å². The minimum atomic E-state index is -3.78. The van der Waals surface area contributed by atoms with Gasteiger partial charge in [0.15, 0.2) is 0 Å². The second kappa shape index (κ2) is 6.38. The Balaban J connectivity index is 2.04. The van der Waals surface area contributed by atoms with Crippen molar-refractivity contribution >= 4 is 27.5 Å². The first-order valence-electron chi connectivity index (χ1n) is 7.19. The van der Waals surface area contributed by atoms with Gasteiger partial charge in [0.1, 0.15) is 5.82 Å². The van der Waals surface area contributed by atoms with Crippen molar-refractivity contribution in [3.63, 3.8) is 0 Å². The van der Waals surface area contributed by atoms with Crippen molar-refractivity contribution in [2.45, 2.75) is 4.90 Å². The second-order valence-electron chi connectivity index (χ2n) is 5.21. The van der Waals surface area contributed by atoms with Gasteiger partial charge >= 0.3 is 0 Å². The molecule has 1 aromatic heterocycles. The average Bonchev–Trinajstić information content (AvgIpc) is 2.55. The highest BCUT2D eigenvalue weighted by Crippen LogP contribution is 2.21. The Morgan fingerprint density at radius 2 is 1.64 bits per heavy atom. The molecule has 3 rings (SSSR count). The molecule has 0 unspecified atom stereocenters. The molecule has 0 aliphatic heterocycles. The van der Waals surface area contributed by atoms with Gasteiger partial charge in [-0.25, -0.2) is 13.6 Å². The third kappa shape index (κ3) is 3.67. The lowest BCUT2D eigenvalue weighted by Gasteiger charge is -2.16. The van der Waals surface area contributed by atoms with Gasteiger partial charge in [-0.15, -0.1) is 0 Å². The summed E-state index contributed by atoms with van der Waals surface area (Å²) in [5.41, 5.74) is 6.73.